The van der Waals surface area contributed by atoms with E-state index in [9.17, 15) is 13.2 Å². The number of hydrogen-bond donors (Lipinski definition) is 1. The molecule has 2 aromatic carbocycles. The second-order valence-electron chi connectivity index (χ2n) is 7.68. The molecule has 8 nitrogen and oxygen atoms in total. The van der Waals surface area contributed by atoms with Crippen LogP contribution in [0.4, 0.5) is 30.4 Å². The van der Waals surface area contributed by atoms with Gasteiger partial charge in [-0.05, 0) is 26.0 Å². The maximum atomic E-state index is 13.6. The summed E-state index contributed by atoms with van der Waals surface area (Å²) in [7, 11) is 1.44. The second kappa shape index (κ2) is 10.4. The van der Waals surface area contributed by atoms with Gasteiger partial charge in [0, 0.05) is 36.7 Å². The molecule has 0 radical (unpaired) electrons. The van der Waals surface area contributed by atoms with E-state index in [0.29, 0.717) is 67.8 Å². The Hall–Kier alpha value is -3.47. The Labute approximate surface area is 201 Å². The van der Waals surface area contributed by atoms with E-state index in [1.807, 2.05) is 19.9 Å². The maximum Gasteiger partial charge on any atom is 0.451 e. The number of rotatable bonds is 8. The minimum absolute atomic E-state index is 0.00694. The molecule has 1 N–H and O–H groups in total. The molecule has 0 amide bonds. The normalized spacial score (nSPS) is 14.2. The molecule has 0 spiro atoms. The summed E-state index contributed by atoms with van der Waals surface area (Å²) in [6, 6.07) is 8.25. The van der Waals surface area contributed by atoms with Crippen LogP contribution in [-0.4, -0.2) is 56.6 Å². The number of alkyl halides is 3. The highest BCUT2D eigenvalue weighted by atomic mass is 19.4. The molecule has 1 aliphatic rings. The second-order valence-corrected chi connectivity index (χ2v) is 7.68. The van der Waals surface area contributed by atoms with Gasteiger partial charge < -0.3 is 29.2 Å². The number of nitrogens with zero attached hydrogens (tertiary/aromatic N) is 3. The molecule has 0 bridgehead atoms. The smallest absolute Gasteiger partial charge is 0.451 e. The SMILES string of the molecule is CCOc1cc(N2CCOCC2)c(OCC)cc1Nc1nc(C(F)(F)F)nc2cc(OC)ccc12. The van der Waals surface area contributed by atoms with Gasteiger partial charge in [0.05, 0.1) is 50.4 Å². The highest BCUT2D eigenvalue weighted by Crippen LogP contribution is 2.41. The number of anilines is 3. The van der Waals surface area contributed by atoms with Crippen molar-refractivity contribution >= 4 is 28.1 Å². The van der Waals surface area contributed by atoms with Crippen molar-refractivity contribution < 1.29 is 32.1 Å². The summed E-state index contributed by atoms with van der Waals surface area (Å²) in [6.07, 6.45) is -4.73. The summed E-state index contributed by atoms with van der Waals surface area (Å²) < 4.78 is 63.2. The standard InChI is InChI=1S/C24H27F3N4O4/c1-4-34-20-14-19(31-8-10-33-11-9-31)21(35-5-2)13-18(20)28-22-16-7-6-15(32-3)12-17(16)29-23(30-22)24(25,26)27/h6-7,12-14H,4-5,8-11H2,1-3H3,(H,28,29,30). The van der Waals surface area contributed by atoms with Gasteiger partial charge in [-0.1, -0.05) is 0 Å². The van der Waals surface area contributed by atoms with Crippen LogP contribution in [0.5, 0.6) is 17.2 Å². The van der Waals surface area contributed by atoms with Gasteiger partial charge in [0.2, 0.25) is 5.82 Å². The van der Waals surface area contributed by atoms with Crippen molar-refractivity contribution in [3.8, 4) is 17.2 Å². The first-order valence-electron chi connectivity index (χ1n) is 11.3. The summed E-state index contributed by atoms with van der Waals surface area (Å²) >= 11 is 0. The molecular weight excluding hydrogens is 465 g/mol. The lowest BCUT2D eigenvalue weighted by Gasteiger charge is -2.31. The van der Waals surface area contributed by atoms with Crippen molar-refractivity contribution in [2.75, 3.05) is 56.8 Å². The van der Waals surface area contributed by atoms with Crippen molar-refractivity contribution in [2.24, 2.45) is 0 Å². The number of benzene rings is 2. The van der Waals surface area contributed by atoms with Crippen LogP contribution in [0.25, 0.3) is 10.9 Å². The number of methoxy groups -OCH3 is 1. The van der Waals surface area contributed by atoms with E-state index in [4.69, 9.17) is 18.9 Å². The van der Waals surface area contributed by atoms with E-state index in [1.165, 1.54) is 13.2 Å². The zero-order valence-corrected chi connectivity index (χ0v) is 19.7. The van der Waals surface area contributed by atoms with Gasteiger partial charge in [-0.3, -0.25) is 0 Å². The minimum atomic E-state index is -4.73. The molecule has 3 aromatic rings. The lowest BCUT2D eigenvalue weighted by Crippen LogP contribution is -2.36. The Morgan fingerprint density at radius 3 is 2.37 bits per heavy atom. The maximum absolute atomic E-state index is 13.6. The third-order valence-electron chi connectivity index (χ3n) is 5.42. The van der Waals surface area contributed by atoms with Crippen molar-refractivity contribution in [1.29, 1.82) is 0 Å². The van der Waals surface area contributed by atoms with Crippen LogP contribution >= 0.6 is 0 Å². The summed E-state index contributed by atoms with van der Waals surface area (Å²) in [5, 5.41) is 3.44. The average Bonchev–Trinajstić information content (AvgIpc) is 2.85. The largest absolute Gasteiger partial charge is 0.497 e. The van der Waals surface area contributed by atoms with Gasteiger partial charge in [-0.15, -0.1) is 0 Å². The molecule has 0 aliphatic carbocycles. The topological polar surface area (TPSA) is 78.0 Å². The Morgan fingerprint density at radius 2 is 1.71 bits per heavy atom. The molecule has 0 saturated carbocycles. The predicted molar refractivity (Wildman–Crippen MR) is 126 cm³/mol. The van der Waals surface area contributed by atoms with Crippen LogP contribution in [0, 0.1) is 0 Å². The highest BCUT2D eigenvalue weighted by Gasteiger charge is 2.36. The fourth-order valence-electron chi connectivity index (χ4n) is 3.83. The van der Waals surface area contributed by atoms with Gasteiger partial charge >= 0.3 is 6.18 Å². The van der Waals surface area contributed by atoms with Gasteiger partial charge in [-0.25, -0.2) is 9.97 Å². The first kappa shape index (κ1) is 24.6. The Kier molecular flexibility index (Phi) is 7.34. The number of nitrogens with one attached hydrogen (secondary N) is 1. The zero-order chi connectivity index (χ0) is 25.0. The molecule has 11 heteroatoms. The van der Waals surface area contributed by atoms with E-state index in [0.717, 1.165) is 5.69 Å². The Morgan fingerprint density at radius 1 is 1.00 bits per heavy atom. The van der Waals surface area contributed by atoms with Crippen LogP contribution in [0.1, 0.15) is 19.7 Å². The molecule has 0 unspecified atom stereocenters. The fourth-order valence-corrected chi connectivity index (χ4v) is 3.83. The first-order valence-corrected chi connectivity index (χ1v) is 11.3. The Bertz CT molecular complexity index is 1180. The number of aromatic nitrogens is 2. The lowest BCUT2D eigenvalue weighted by molar-refractivity contribution is -0.144. The molecule has 35 heavy (non-hydrogen) atoms. The summed E-state index contributed by atoms with van der Waals surface area (Å²) in [4.78, 5) is 9.64. The number of fused-ring (bicyclic) bond motifs is 1. The van der Waals surface area contributed by atoms with Crippen LogP contribution in [-0.2, 0) is 10.9 Å². The third-order valence-corrected chi connectivity index (χ3v) is 5.42. The van der Waals surface area contributed by atoms with E-state index in [2.05, 4.69) is 20.2 Å². The molecular formula is C24H27F3N4O4. The molecule has 0 atom stereocenters. The monoisotopic (exact) mass is 492 g/mol. The van der Waals surface area contributed by atoms with Gasteiger partial charge in [-0.2, -0.15) is 13.2 Å². The van der Waals surface area contributed by atoms with E-state index in [-0.39, 0.29) is 11.3 Å². The van der Waals surface area contributed by atoms with Crippen molar-refractivity contribution in [1.82, 2.24) is 9.97 Å². The van der Waals surface area contributed by atoms with E-state index < -0.39 is 12.0 Å². The Balaban J connectivity index is 1.83. The van der Waals surface area contributed by atoms with Crippen LogP contribution in [0.2, 0.25) is 0 Å². The molecule has 1 fully saturated rings. The molecule has 1 saturated heterocycles. The van der Waals surface area contributed by atoms with E-state index in [1.54, 1.807) is 18.2 Å². The lowest BCUT2D eigenvalue weighted by atomic mass is 10.1. The van der Waals surface area contributed by atoms with Crippen LogP contribution < -0.4 is 24.4 Å². The molecule has 2 heterocycles. The zero-order valence-electron chi connectivity index (χ0n) is 19.7. The fraction of sp³-hybridized carbons (Fsp3) is 0.417. The molecule has 188 valence electrons. The van der Waals surface area contributed by atoms with Crippen LogP contribution in [0.15, 0.2) is 30.3 Å². The highest BCUT2D eigenvalue weighted by molar-refractivity contribution is 5.92. The quantitative estimate of drug-likeness (QED) is 0.469. The number of hydrogen-bond acceptors (Lipinski definition) is 8. The van der Waals surface area contributed by atoms with Gasteiger partial charge in [0.1, 0.15) is 23.1 Å². The molecule has 4 rings (SSSR count). The molecule has 1 aromatic heterocycles. The van der Waals surface area contributed by atoms with Crippen molar-refractivity contribution in [3.05, 3.63) is 36.2 Å². The average molecular weight is 492 g/mol. The minimum Gasteiger partial charge on any atom is -0.497 e. The number of morpholine rings is 1. The molecule has 1 aliphatic heterocycles. The van der Waals surface area contributed by atoms with Crippen molar-refractivity contribution in [3.63, 3.8) is 0 Å². The number of ether oxygens (including phenoxy) is 4. The van der Waals surface area contributed by atoms with Gasteiger partial charge in [0.15, 0.2) is 0 Å². The number of halogens is 3. The van der Waals surface area contributed by atoms with Crippen LogP contribution in [0.3, 0.4) is 0 Å². The van der Waals surface area contributed by atoms with Gasteiger partial charge in [0.25, 0.3) is 0 Å². The first-order chi connectivity index (χ1) is 16.8. The van der Waals surface area contributed by atoms with Crippen molar-refractivity contribution in [2.45, 2.75) is 20.0 Å². The predicted octanol–water partition coefficient (Wildman–Crippen LogP) is 5.03. The summed E-state index contributed by atoms with van der Waals surface area (Å²) in [5.41, 5.74) is 1.36. The third kappa shape index (κ3) is 5.45. The summed E-state index contributed by atoms with van der Waals surface area (Å²) in [5.74, 6) is 0.169. The summed E-state index contributed by atoms with van der Waals surface area (Å²) in [6.45, 7) is 7.03. The van der Waals surface area contributed by atoms with E-state index >= 15 is 0 Å².